The Morgan fingerprint density at radius 3 is 1.10 bits per heavy atom. The van der Waals surface area contributed by atoms with Crippen molar-refractivity contribution in [3.8, 4) is 0 Å². The van der Waals surface area contributed by atoms with Gasteiger partial charge in [0.05, 0.1) is 59.8 Å². The first-order chi connectivity index (χ1) is 18.7. The van der Waals surface area contributed by atoms with E-state index in [-0.39, 0.29) is 92.1 Å². The van der Waals surface area contributed by atoms with Crippen LogP contribution < -0.4 is 0 Å². The topological polar surface area (TPSA) is 107 Å². The summed E-state index contributed by atoms with van der Waals surface area (Å²) in [6.07, 6.45) is 5.79. The SMILES string of the molecule is CCC(COC(=O)C1CC2CC1OC2C)(COC(=O)C1CC2CC1OC2C)COC(=O)C1CC2C[C@@H]1OC2C. The van der Waals surface area contributed by atoms with Crippen LogP contribution in [0.1, 0.15) is 72.6 Å². The first-order valence-corrected chi connectivity index (χ1v) is 15.1. The molecule has 3 saturated heterocycles. The average Bonchev–Trinajstić information content (AvgIpc) is 3.76. The van der Waals surface area contributed by atoms with Crippen LogP contribution >= 0.6 is 0 Å². The highest BCUT2D eigenvalue weighted by Gasteiger charge is 2.52. The Morgan fingerprint density at radius 1 is 0.590 bits per heavy atom. The molecule has 0 amide bonds. The first-order valence-electron chi connectivity index (χ1n) is 15.1. The highest BCUT2D eigenvalue weighted by Crippen LogP contribution is 2.46. The van der Waals surface area contributed by atoms with Crippen LogP contribution in [-0.2, 0) is 42.8 Å². The van der Waals surface area contributed by atoms with E-state index in [9.17, 15) is 14.4 Å². The maximum Gasteiger partial charge on any atom is 0.311 e. The third kappa shape index (κ3) is 5.12. The van der Waals surface area contributed by atoms with Crippen LogP contribution in [0.5, 0.6) is 0 Å². The van der Waals surface area contributed by atoms with E-state index in [1.165, 1.54) is 0 Å². The van der Waals surface area contributed by atoms with Gasteiger partial charge in [-0.25, -0.2) is 0 Å². The van der Waals surface area contributed by atoms with Gasteiger partial charge in [0.2, 0.25) is 0 Å². The van der Waals surface area contributed by atoms with Crippen LogP contribution in [0.2, 0.25) is 0 Å². The van der Waals surface area contributed by atoms with Crippen molar-refractivity contribution in [2.45, 2.75) is 109 Å². The minimum absolute atomic E-state index is 0.0147. The molecule has 0 radical (unpaired) electrons. The Kier molecular flexibility index (Phi) is 7.46. The Hall–Kier alpha value is -1.71. The molecule has 3 aliphatic carbocycles. The molecule has 0 aromatic carbocycles. The van der Waals surface area contributed by atoms with Crippen molar-refractivity contribution in [2.75, 3.05) is 19.8 Å². The van der Waals surface area contributed by atoms with E-state index in [2.05, 4.69) is 20.8 Å². The standard InChI is InChI=1S/C30H44O9/c1-5-30(12-34-27(31)21-6-18-9-24(21)37-15(18)2,13-35-28(32)22-7-19-10-25(22)38-16(19)3)14-36-29(33)23-8-20-11-26(23)39-17(20)4/h15-26H,5-14H2,1-4H3/t15?,16?,17?,18?,19?,20?,21?,22?,23?,24-,25?,26?,30?/m0/s1. The Morgan fingerprint density at radius 2 is 0.897 bits per heavy atom. The van der Waals surface area contributed by atoms with Gasteiger partial charge in [0, 0.05) is 0 Å². The second kappa shape index (κ2) is 10.6. The molecule has 9 nitrogen and oxygen atoms in total. The van der Waals surface area contributed by atoms with Crippen molar-refractivity contribution in [1.82, 2.24) is 0 Å². The fourth-order valence-corrected chi connectivity index (χ4v) is 8.04. The molecule has 9 heteroatoms. The number of hydrogen-bond donors (Lipinski definition) is 0. The minimum atomic E-state index is -0.829. The zero-order valence-electron chi connectivity index (χ0n) is 23.7. The van der Waals surface area contributed by atoms with Crippen LogP contribution in [0.4, 0.5) is 0 Å². The van der Waals surface area contributed by atoms with Gasteiger partial charge in [-0.1, -0.05) is 6.92 Å². The van der Waals surface area contributed by atoms with Crippen molar-refractivity contribution in [3.05, 3.63) is 0 Å². The maximum absolute atomic E-state index is 13.1. The maximum atomic E-state index is 13.1. The molecule has 6 fully saturated rings. The van der Waals surface area contributed by atoms with Gasteiger partial charge in [0.15, 0.2) is 0 Å². The van der Waals surface area contributed by atoms with Gasteiger partial charge < -0.3 is 28.4 Å². The molecule has 6 aliphatic rings. The van der Waals surface area contributed by atoms with Gasteiger partial charge in [0.25, 0.3) is 0 Å². The molecule has 3 aliphatic heterocycles. The molecule has 6 bridgehead atoms. The van der Waals surface area contributed by atoms with Gasteiger partial charge in [-0.2, -0.15) is 0 Å². The monoisotopic (exact) mass is 548 g/mol. The van der Waals surface area contributed by atoms with Crippen LogP contribution in [0, 0.1) is 40.9 Å². The second-order valence-corrected chi connectivity index (χ2v) is 13.3. The van der Waals surface area contributed by atoms with E-state index in [4.69, 9.17) is 28.4 Å². The molecule has 0 spiro atoms. The lowest BCUT2D eigenvalue weighted by molar-refractivity contribution is -0.174. The van der Waals surface area contributed by atoms with Gasteiger partial charge in [-0.15, -0.1) is 0 Å². The summed E-state index contributed by atoms with van der Waals surface area (Å²) in [7, 11) is 0. The summed E-state index contributed by atoms with van der Waals surface area (Å²) >= 11 is 0. The first kappa shape index (κ1) is 27.5. The van der Waals surface area contributed by atoms with Gasteiger partial charge in [-0.05, 0) is 83.5 Å². The lowest BCUT2D eigenvalue weighted by Gasteiger charge is -2.34. The summed E-state index contributed by atoms with van der Waals surface area (Å²) in [6, 6.07) is 0. The van der Waals surface area contributed by atoms with Crippen LogP contribution in [-0.4, -0.2) is 74.4 Å². The fourth-order valence-electron chi connectivity index (χ4n) is 8.04. The molecule has 3 heterocycles. The highest BCUT2D eigenvalue weighted by molar-refractivity contribution is 5.75. The van der Waals surface area contributed by atoms with E-state index >= 15 is 0 Å². The Balaban J connectivity index is 1.08. The number of rotatable bonds is 10. The lowest BCUT2D eigenvalue weighted by Crippen LogP contribution is -2.43. The molecule has 39 heavy (non-hydrogen) atoms. The van der Waals surface area contributed by atoms with Crippen molar-refractivity contribution in [3.63, 3.8) is 0 Å². The zero-order chi connectivity index (χ0) is 27.5. The predicted octanol–water partition coefficient (Wildman–Crippen LogP) is 3.45. The Bertz CT molecular complexity index is 843. The highest BCUT2D eigenvalue weighted by atomic mass is 16.6. The van der Waals surface area contributed by atoms with Crippen LogP contribution in [0.3, 0.4) is 0 Å². The molecular weight excluding hydrogens is 504 g/mol. The number of carbonyl (C=O) groups excluding carboxylic acids is 3. The molecule has 0 N–H and O–H groups in total. The van der Waals surface area contributed by atoms with Crippen molar-refractivity contribution >= 4 is 17.9 Å². The second-order valence-electron chi connectivity index (χ2n) is 13.3. The summed E-state index contributed by atoms with van der Waals surface area (Å²) < 4.78 is 35.4. The van der Waals surface area contributed by atoms with Gasteiger partial charge >= 0.3 is 17.9 Å². The molecule has 6 rings (SSSR count). The fraction of sp³-hybridized carbons (Fsp3) is 0.900. The molecule has 218 valence electrons. The largest absolute Gasteiger partial charge is 0.465 e. The normalized spacial score (nSPS) is 44.9. The average molecular weight is 549 g/mol. The number of fused-ring (bicyclic) bond motifs is 6. The summed E-state index contributed by atoms with van der Waals surface area (Å²) in [6.45, 7) is 8.16. The van der Waals surface area contributed by atoms with Crippen molar-refractivity contribution in [2.24, 2.45) is 40.9 Å². The zero-order valence-corrected chi connectivity index (χ0v) is 23.7. The smallest absolute Gasteiger partial charge is 0.311 e. The van der Waals surface area contributed by atoms with E-state index in [1.54, 1.807) is 0 Å². The van der Waals surface area contributed by atoms with Crippen LogP contribution in [0.15, 0.2) is 0 Å². The quantitative estimate of drug-likeness (QED) is 0.300. The van der Waals surface area contributed by atoms with E-state index in [1.807, 2.05) is 6.92 Å². The van der Waals surface area contributed by atoms with Crippen LogP contribution in [0.25, 0.3) is 0 Å². The third-order valence-corrected chi connectivity index (χ3v) is 11.0. The minimum Gasteiger partial charge on any atom is -0.465 e. The molecule has 3 saturated carbocycles. The number of ether oxygens (including phenoxy) is 6. The molecule has 12 atom stereocenters. The van der Waals surface area contributed by atoms with E-state index in [0.717, 1.165) is 38.5 Å². The predicted molar refractivity (Wildman–Crippen MR) is 137 cm³/mol. The Labute approximate surface area is 230 Å². The van der Waals surface area contributed by atoms with E-state index in [0.29, 0.717) is 24.2 Å². The van der Waals surface area contributed by atoms with Gasteiger partial charge in [-0.3, -0.25) is 14.4 Å². The molecule has 11 unspecified atom stereocenters. The van der Waals surface area contributed by atoms with Crippen molar-refractivity contribution in [1.29, 1.82) is 0 Å². The molecule has 0 aromatic heterocycles. The molecule has 0 aromatic rings. The number of hydrogen-bond acceptors (Lipinski definition) is 9. The summed E-state index contributed by atoms with van der Waals surface area (Å²) in [5.41, 5.74) is -0.829. The third-order valence-electron chi connectivity index (χ3n) is 11.0. The van der Waals surface area contributed by atoms with E-state index < -0.39 is 5.41 Å². The summed E-state index contributed by atoms with van der Waals surface area (Å²) in [4.78, 5) is 39.2. The summed E-state index contributed by atoms with van der Waals surface area (Å²) in [5, 5.41) is 0. The number of esters is 3. The van der Waals surface area contributed by atoms with Gasteiger partial charge in [0.1, 0.15) is 19.8 Å². The summed E-state index contributed by atoms with van der Waals surface area (Å²) in [5.74, 6) is -0.481. The molecular formula is C30H44O9. The number of carbonyl (C=O) groups is 3. The van der Waals surface area contributed by atoms with Crippen molar-refractivity contribution < 1.29 is 42.8 Å². The lowest BCUT2D eigenvalue weighted by atomic mass is 9.87.